The Hall–Kier alpha value is -1.02. The molecule has 0 aliphatic heterocycles. The zero-order chi connectivity index (χ0) is 14.6. The Bertz CT molecular complexity index is 552. The van der Waals surface area contributed by atoms with Crippen LogP contribution in [-0.4, -0.2) is 16.3 Å². The molecule has 0 aromatic heterocycles. The summed E-state index contributed by atoms with van der Waals surface area (Å²) in [6, 6.07) is 5.98. The largest absolute Gasteiger partial charge is 0.508 e. The lowest BCUT2D eigenvalue weighted by Gasteiger charge is -2.51. The molecule has 0 spiro atoms. The van der Waals surface area contributed by atoms with E-state index in [1.165, 1.54) is 36.8 Å². The van der Waals surface area contributed by atoms with Crippen molar-refractivity contribution >= 4 is 0 Å². The molecule has 3 aliphatic rings. The second-order valence-corrected chi connectivity index (χ2v) is 7.52. The van der Waals surface area contributed by atoms with Gasteiger partial charge in [-0.25, -0.2) is 0 Å². The van der Waals surface area contributed by atoms with Gasteiger partial charge in [-0.2, -0.15) is 0 Å². The highest BCUT2D eigenvalue weighted by Crippen LogP contribution is 2.62. The van der Waals surface area contributed by atoms with E-state index in [1.807, 2.05) is 12.1 Å². The quantitative estimate of drug-likeness (QED) is 0.819. The normalized spacial score (nSPS) is 41.2. The van der Waals surface area contributed by atoms with Crippen LogP contribution < -0.4 is 0 Å². The summed E-state index contributed by atoms with van der Waals surface area (Å²) < 4.78 is 0. The summed E-state index contributed by atoms with van der Waals surface area (Å²) in [5.74, 6) is 2.51. The maximum atomic E-state index is 10.6. The molecular formula is C19H26O2. The van der Waals surface area contributed by atoms with Gasteiger partial charge in [0, 0.05) is 0 Å². The van der Waals surface area contributed by atoms with Gasteiger partial charge in [-0.1, -0.05) is 13.0 Å². The van der Waals surface area contributed by atoms with Crippen molar-refractivity contribution < 1.29 is 10.2 Å². The number of aryl methyl sites for hydroxylation is 1. The highest BCUT2D eigenvalue weighted by Gasteiger charge is 2.55. The first-order chi connectivity index (χ1) is 10.2. The van der Waals surface area contributed by atoms with Gasteiger partial charge in [0.1, 0.15) is 5.75 Å². The number of hydrogen-bond acceptors (Lipinski definition) is 2. The Balaban J connectivity index is 1.71. The van der Waals surface area contributed by atoms with Gasteiger partial charge in [0.15, 0.2) is 0 Å². The number of rotatable bonds is 1. The molecule has 0 radical (unpaired) electrons. The molecule has 1 aromatic rings. The minimum Gasteiger partial charge on any atom is -0.508 e. The summed E-state index contributed by atoms with van der Waals surface area (Å²) in [5, 5.41) is 20.3. The Labute approximate surface area is 127 Å². The molecule has 114 valence electrons. The van der Waals surface area contributed by atoms with E-state index in [0.29, 0.717) is 17.6 Å². The van der Waals surface area contributed by atoms with Crippen molar-refractivity contribution in [3.8, 4) is 5.75 Å². The van der Waals surface area contributed by atoms with Crippen molar-refractivity contribution in [2.45, 2.75) is 63.9 Å². The number of phenolic OH excluding ortho intramolecular Hbond substituents is 1. The van der Waals surface area contributed by atoms with Crippen LogP contribution >= 0.6 is 0 Å². The fourth-order valence-electron chi connectivity index (χ4n) is 6.03. The van der Waals surface area contributed by atoms with E-state index in [2.05, 4.69) is 13.0 Å². The van der Waals surface area contributed by atoms with Gasteiger partial charge in [-0.3, -0.25) is 0 Å². The Morgan fingerprint density at radius 3 is 2.86 bits per heavy atom. The topological polar surface area (TPSA) is 40.5 Å². The van der Waals surface area contributed by atoms with E-state index < -0.39 is 0 Å². The fourth-order valence-corrected chi connectivity index (χ4v) is 6.03. The van der Waals surface area contributed by atoms with Crippen LogP contribution in [0.1, 0.15) is 62.5 Å². The van der Waals surface area contributed by atoms with Crippen molar-refractivity contribution in [2.75, 3.05) is 0 Å². The lowest BCUT2D eigenvalue weighted by molar-refractivity contribution is -0.0394. The molecule has 0 unspecified atom stereocenters. The van der Waals surface area contributed by atoms with Crippen molar-refractivity contribution in [1.82, 2.24) is 0 Å². The Morgan fingerprint density at radius 2 is 2.05 bits per heavy atom. The molecule has 4 rings (SSSR count). The standard InChI is InChI=1S/C19H26O2/c1-2-19-10-9-15-14-6-4-13(20)11-12(14)3-5-16(15)17(19)7-8-18(19)21/h4,6,11,15-18,20-21H,2-3,5,7-10H2,1H3/t15-,16-,17+,18+,19+/m1/s1. The number of fused-ring (bicyclic) bond motifs is 5. The van der Waals surface area contributed by atoms with Crippen LogP contribution in [0.15, 0.2) is 18.2 Å². The number of hydrogen-bond donors (Lipinski definition) is 2. The van der Waals surface area contributed by atoms with Crippen molar-refractivity contribution in [2.24, 2.45) is 17.3 Å². The molecule has 0 heterocycles. The van der Waals surface area contributed by atoms with Crippen LogP contribution in [0.2, 0.25) is 0 Å². The lowest BCUT2D eigenvalue weighted by atomic mass is 9.54. The third kappa shape index (κ3) is 1.81. The molecule has 2 fully saturated rings. The van der Waals surface area contributed by atoms with Crippen LogP contribution in [0.4, 0.5) is 0 Å². The highest BCUT2D eigenvalue weighted by atomic mass is 16.3. The Kier molecular flexibility index (Phi) is 3.08. The molecule has 2 N–H and O–H groups in total. The van der Waals surface area contributed by atoms with E-state index in [0.717, 1.165) is 25.2 Å². The first kappa shape index (κ1) is 13.6. The lowest BCUT2D eigenvalue weighted by Crippen LogP contribution is -2.45. The molecule has 0 amide bonds. The zero-order valence-electron chi connectivity index (χ0n) is 12.9. The number of phenols is 1. The van der Waals surface area contributed by atoms with Crippen LogP contribution in [0.5, 0.6) is 5.75 Å². The van der Waals surface area contributed by atoms with Gasteiger partial charge in [0.05, 0.1) is 6.10 Å². The molecule has 1 aromatic carbocycles. The summed E-state index contributed by atoms with van der Waals surface area (Å²) >= 11 is 0. The summed E-state index contributed by atoms with van der Waals surface area (Å²) in [7, 11) is 0. The van der Waals surface area contributed by atoms with E-state index in [1.54, 1.807) is 0 Å². The predicted octanol–water partition coefficient (Wildman–Crippen LogP) is 4.00. The van der Waals surface area contributed by atoms with E-state index in [9.17, 15) is 10.2 Å². The van der Waals surface area contributed by atoms with Crippen LogP contribution in [0.3, 0.4) is 0 Å². The van der Waals surface area contributed by atoms with Crippen LogP contribution in [0, 0.1) is 17.3 Å². The molecule has 0 saturated heterocycles. The summed E-state index contributed by atoms with van der Waals surface area (Å²) in [5.41, 5.74) is 3.05. The van der Waals surface area contributed by atoms with Gasteiger partial charge in [0.25, 0.3) is 0 Å². The Morgan fingerprint density at radius 1 is 1.19 bits per heavy atom. The molecule has 2 heteroatoms. The number of aliphatic hydroxyl groups is 1. The van der Waals surface area contributed by atoms with Crippen LogP contribution in [0.25, 0.3) is 0 Å². The fraction of sp³-hybridized carbons (Fsp3) is 0.684. The van der Waals surface area contributed by atoms with E-state index in [4.69, 9.17) is 0 Å². The SMILES string of the molecule is CC[C@]12CC[C@@H]3c4ccc(O)cc4CC[C@H]3[C@@H]1CC[C@@H]2O. The third-order valence-electron chi connectivity index (χ3n) is 7.04. The second-order valence-electron chi connectivity index (χ2n) is 7.52. The smallest absolute Gasteiger partial charge is 0.115 e. The second kappa shape index (κ2) is 4.74. The zero-order valence-corrected chi connectivity index (χ0v) is 12.9. The average molecular weight is 286 g/mol. The number of benzene rings is 1. The molecule has 21 heavy (non-hydrogen) atoms. The van der Waals surface area contributed by atoms with Crippen molar-refractivity contribution in [1.29, 1.82) is 0 Å². The monoisotopic (exact) mass is 286 g/mol. The van der Waals surface area contributed by atoms with Gasteiger partial charge in [0.2, 0.25) is 0 Å². The molecular weight excluding hydrogens is 260 g/mol. The highest BCUT2D eigenvalue weighted by molar-refractivity contribution is 5.40. The molecule has 2 nitrogen and oxygen atoms in total. The third-order valence-corrected chi connectivity index (χ3v) is 7.04. The molecule has 3 aliphatic carbocycles. The molecule has 2 saturated carbocycles. The maximum Gasteiger partial charge on any atom is 0.115 e. The molecule has 0 bridgehead atoms. The predicted molar refractivity (Wildman–Crippen MR) is 83.3 cm³/mol. The van der Waals surface area contributed by atoms with Gasteiger partial charge in [-0.05, 0) is 91.4 Å². The minimum absolute atomic E-state index is 0.0744. The van der Waals surface area contributed by atoms with Gasteiger partial charge < -0.3 is 10.2 Å². The summed E-state index contributed by atoms with van der Waals surface area (Å²) in [6.45, 7) is 2.27. The minimum atomic E-state index is -0.0744. The van der Waals surface area contributed by atoms with E-state index in [-0.39, 0.29) is 11.5 Å². The van der Waals surface area contributed by atoms with Crippen molar-refractivity contribution in [3.05, 3.63) is 29.3 Å². The van der Waals surface area contributed by atoms with Crippen molar-refractivity contribution in [3.63, 3.8) is 0 Å². The number of aromatic hydroxyl groups is 1. The van der Waals surface area contributed by atoms with Gasteiger partial charge in [-0.15, -0.1) is 0 Å². The molecule has 5 atom stereocenters. The van der Waals surface area contributed by atoms with Crippen LogP contribution in [-0.2, 0) is 6.42 Å². The summed E-state index contributed by atoms with van der Waals surface area (Å²) in [4.78, 5) is 0. The van der Waals surface area contributed by atoms with E-state index >= 15 is 0 Å². The number of aliphatic hydroxyl groups excluding tert-OH is 1. The first-order valence-corrected chi connectivity index (χ1v) is 8.65. The maximum absolute atomic E-state index is 10.6. The average Bonchev–Trinajstić information content (AvgIpc) is 2.84. The first-order valence-electron chi connectivity index (χ1n) is 8.65. The summed E-state index contributed by atoms with van der Waals surface area (Å²) in [6.07, 6.45) is 7.99. The van der Waals surface area contributed by atoms with Gasteiger partial charge >= 0.3 is 0 Å².